The van der Waals surface area contributed by atoms with Gasteiger partial charge in [0.25, 0.3) is 0 Å². The number of rotatable bonds is 3. The molecule has 2 amide bonds. The summed E-state index contributed by atoms with van der Waals surface area (Å²) in [5.41, 5.74) is 2.61. The van der Waals surface area contributed by atoms with Crippen LogP contribution in [0.2, 0.25) is 0 Å². The predicted octanol–water partition coefficient (Wildman–Crippen LogP) is 1.74. The first-order valence-electron chi connectivity index (χ1n) is 8.61. The Morgan fingerprint density at radius 1 is 1.17 bits per heavy atom. The van der Waals surface area contributed by atoms with Crippen molar-refractivity contribution in [2.45, 2.75) is 44.9 Å². The molecule has 5 heteroatoms. The van der Waals surface area contributed by atoms with Gasteiger partial charge in [-0.3, -0.25) is 4.90 Å². The van der Waals surface area contributed by atoms with Crippen molar-refractivity contribution >= 4 is 6.03 Å². The number of urea groups is 1. The summed E-state index contributed by atoms with van der Waals surface area (Å²) >= 11 is 0. The molecule has 0 aliphatic carbocycles. The summed E-state index contributed by atoms with van der Waals surface area (Å²) in [6, 6.07) is 8.92. The molecule has 5 nitrogen and oxygen atoms in total. The molecule has 2 aliphatic heterocycles. The minimum absolute atomic E-state index is 0.0269. The van der Waals surface area contributed by atoms with E-state index in [4.69, 9.17) is 0 Å². The third-order valence-electron chi connectivity index (χ3n) is 4.88. The van der Waals surface area contributed by atoms with Crippen molar-refractivity contribution in [1.29, 1.82) is 0 Å². The number of aliphatic hydroxyl groups excluding tert-OH is 1. The number of piperidine rings is 1. The molecular formula is C18H27N3O2. The van der Waals surface area contributed by atoms with Gasteiger partial charge in [-0.25, -0.2) is 4.79 Å². The van der Waals surface area contributed by atoms with Gasteiger partial charge in [-0.05, 0) is 31.7 Å². The Morgan fingerprint density at radius 2 is 1.87 bits per heavy atom. The topological polar surface area (TPSA) is 55.8 Å². The molecule has 2 saturated heterocycles. The van der Waals surface area contributed by atoms with Crippen LogP contribution in [-0.4, -0.2) is 59.3 Å². The van der Waals surface area contributed by atoms with Crippen LogP contribution in [0.4, 0.5) is 4.79 Å². The summed E-state index contributed by atoms with van der Waals surface area (Å²) in [5.74, 6) is 0. The molecule has 0 radical (unpaired) electrons. The highest BCUT2D eigenvalue weighted by Crippen LogP contribution is 2.15. The highest BCUT2D eigenvalue weighted by Gasteiger charge is 2.27. The van der Waals surface area contributed by atoms with E-state index in [1.807, 2.05) is 4.90 Å². The van der Waals surface area contributed by atoms with E-state index in [0.717, 1.165) is 26.1 Å². The summed E-state index contributed by atoms with van der Waals surface area (Å²) in [7, 11) is 0. The van der Waals surface area contributed by atoms with E-state index in [9.17, 15) is 9.90 Å². The lowest BCUT2D eigenvalue weighted by molar-refractivity contribution is 0.0929. The zero-order chi connectivity index (χ0) is 16.2. The SMILES string of the molecule is Cc1ccc(CN2CCC(NC(=O)N3CCC(O)CC3)C2)cc1. The van der Waals surface area contributed by atoms with E-state index in [-0.39, 0.29) is 18.2 Å². The molecule has 23 heavy (non-hydrogen) atoms. The van der Waals surface area contributed by atoms with Crippen LogP contribution in [0.3, 0.4) is 0 Å². The van der Waals surface area contributed by atoms with E-state index in [2.05, 4.69) is 41.4 Å². The van der Waals surface area contributed by atoms with Crippen LogP contribution in [0.15, 0.2) is 24.3 Å². The molecule has 2 N–H and O–H groups in total. The lowest BCUT2D eigenvalue weighted by Crippen LogP contribution is -2.49. The molecule has 2 fully saturated rings. The van der Waals surface area contributed by atoms with Crippen molar-refractivity contribution in [3.8, 4) is 0 Å². The summed E-state index contributed by atoms with van der Waals surface area (Å²) in [6.07, 6.45) is 2.15. The number of carbonyl (C=O) groups is 1. The molecular weight excluding hydrogens is 290 g/mol. The molecule has 1 unspecified atom stereocenters. The molecule has 3 rings (SSSR count). The molecule has 1 aromatic carbocycles. The number of hydrogen-bond donors (Lipinski definition) is 2. The van der Waals surface area contributed by atoms with E-state index in [1.54, 1.807) is 0 Å². The van der Waals surface area contributed by atoms with Crippen molar-refractivity contribution in [2.24, 2.45) is 0 Å². The van der Waals surface area contributed by atoms with Gasteiger partial charge in [-0.15, -0.1) is 0 Å². The predicted molar refractivity (Wildman–Crippen MR) is 90.2 cm³/mol. The molecule has 1 aromatic rings. The largest absolute Gasteiger partial charge is 0.393 e. The van der Waals surface area contributed by atoms with E-state index in [0.29, 0.717) is 25.9 Å². The van der Waals surface area contributed by atoms with Crippen molar-refractivity contribution in [1.82, 2.24) is 15.1 Å². The minimum atomic E-state index is -0.240. The zero-order valence-electron chi connectivity index (χ0n) is 13.9. The Hall–Kier alpha value is -1.59. The highest BCUT2D eigenvalue weighted by molar-refractivity contribution is 5.74. The van der Waals surface area contributed by atoms with Crippen LogP contribution in [-0.2, 0) is 6.54 Å². The van der Waals surface area contributed by atoms with Gasteiger partial charge in [0.2, 0.25) is 0 Å². The van der Waals surface area contributed by atoms with Crippen LogP contribution in [0.1, 0.15) is 30.4 Å². The Balaban J connectivity index is 1.44. The van der Waals surface area contributed by atoms with Gasteiger partial charge in [0, 0.05) is 38.8 Å². The van der Waals surface area contributed by atoms with Gasteiger partial charge in [0.1, 0.15) is 0 Å². The van der Waals surface area contributed by atoms with Crippen molar-refractivity contribution in [3.63, 3.8) is 0 Å². The fraction of sp³-hybridized carbons (Fsp3) is 0.611. The average Bonchev–Trinajstić information content (AvgIpc) is 2.97. The number of likely N-dealkylation sites (tertiary alicyclic amines) is 2. The second kappa shape index (κ2) is 7.32. The maximum absolute atomic E-state index is 12.3. The number of benzene rings is 1. The third kappa shape index (κ3) is 4.45. The van der Waals surface area contributed by atoms with Crippen LogP contribution < -0.4 is 5.32 Å². The standard InChI is InChI=1S/C18H27N3O2/c1-14-2-4-15(5-3-14)12-20-9-6-16(13-20)19-18(23)21-10-7-17(22)8-11-21/h2-5,16-17,22H,6-13H2,1H3,(H,19,23). The number of amides is 2. The molecule has 1 atom stereocenters. The number of carbonyl (C=O) groups excluding carboxylic acids is 1. The third-order valence-corrected chi connectivity index (χ3v) is 4.88. The normalized spacial score (nSPS) is 23.2. The molecule has 0 aromatic heterocycles. The first-order valence-corrected chi connectivity index (χ1v) is 8.61. The van der Waals surface area contributed by atoms with E-state index in [1.165, 1.54) is 11.1 Å². The van der Waals surface area contributed by atoms with E-state index < -0.39 is 0 Å². The number of aryl methyl sites for hydroxylation is 1. The van der Waals surface area contributed by atoms with Crippen molar-refractivity contribution < 1.29 is 9.90 Å². The minimum Gasteiger partial charge on any atom is -0.393 e. The number of nitrogens with zero attached hydrogens (tertiary/aromatic N) is 2. The molecule has 2 heterocycles. The first kappa shape index (κ1) is 16.3. The number of hydrogen-bond acceptors (Lipinski definition) is 3. The second-order valence-electron chi connectivity index (χ2n) is 6.87. The summed E-state index contributed by atoms with van der Waals surface area (Å²) in [4.78, 5) is 16.5. The highest BCUT2D eigenvalue weighted by atomic mass is 16.3. The quantitative estimate of drug-likeness (QED) is 0.893. The molecule has 0 spiro atoms. The molecule has 0 saturated carbocycles. The second-order valence-corrected chi connectivity index (χ2v) is 6.87. The van der Waals surface area contributed by atoms with Gasteiger partial charge < -0.3 is 15.3 Å². The van der Waals surface area contributed by atoms with Crippen LogP contribution in [0.25, 0.3) is 0 Å². The number of aliphatic hydroxyl groups is 1. The Morgan fingerprint density at radius 3 is 2.57 bits per heavy atom. The fourth-order valence-electron chi connectivity index (χ4n) is 3.38. The monoisotopic (exact) mass is 317 g/mol. The van der Waals surface area contributed by atoms with Crippen LogP contribution in [0.5, 0.6) is 0 Å². The van der Waals surface area contributed by atoms with Gasteiger partial charge in [0.05, 0.1) is 6.10 Å². The summed E-state index contributed by atoms with van der Waals surface area (Å²) in [6.45, 7) is 6.31. The summed E-state index contributed by atoms with van der Waals surface area (Å²) < 4.78 is 0. The Bertz CT molecular complexity index is 524. The first-order chi connectivity index (χ1) is 11.1. The average molecular weight is 317 g/mol. The smallest absolute Gasteiger partial charge is 0.317 e. The summed E-state index contributed by atoms with van der Waals surface area (Å²) in [5, 5.41) is 12.7. The molecule has 0 bridgehead atoms. The Kier molecular flexibility index (Phi) is 5.18. The Labute approximate surface area is 138 Å². The maximum Gasteiger partial charge on any atom is 0.317 e. The van der Waals surface area contributed by atoms with Gasteiger partial charge in [-0.1, -0.05) is 29.8 Å². The number of nitrogens with one attached hydrogen (secondary N) is 1. The fourth-order valence-corrected chi connectivity index (χ4v) is 3.38. The van der Waals surface area contributed by atoms with Crippen molar-refractivity contribution in [2.75, 3.05) is 26.2 Å². The van der Waals surface area contributed by atoms with Gasteiger partial charge >= 0.3 is 6.03 Å². The van der Waals surface area contributed by atoms with Crippen LogP contribution in [0, 0.1) is 6.92 Å². The van der Waals surface area contributed by atoms with Gasteiger partial charge in [0.15, 0.2) is 0 Å². The molecule has 126 valence electrons. The molecule has 2 aliphatic rings. The zero-order valence-corrected chi connectivity index (χ0v) is 13.9. The lowest BCUT2D eigenvalue weighted by Gasteiger charge is -2.30. The van der Waals surface area contributed by atoms with Crippen molar-refractivity contribution in [3.05, 3.63) is 35.4 Å². The lowest BCUT2D eigenvalue weighted by atomic mass is 10.1. The van der Waals surface area contributed by atoms with Crippen LogP contribution >= 0.6 is 0 Å². The van der Waals surface area contributed by atoms with Gasteiger partial charge in [-0.2, -0.15) is 0 Å². The van der Waals surface area contributed by atoms with E-state index >= 15 is 0 Å². The maximum atomic E-state index is 12.3.